The van der Waals surface area contributed by atoms with Gasteiger partial charge in [-0.1, -0.05) is 12.1 Å². The van der Waals surface area contributed by atoms with Crippen LogP contribution in [0.1, 0.15) is 41.3 Å². The summed E-state index contributed by atoms with van der Waals surface area (Å²) in [5.41, 5.74) is 1.99. The zero-order chi connectivity index (χ0) is 19.8. The van der Waals surface area contributed by atoms with E-state index in [4.69, 9.17) is 4.18 Å². The molecule has 6 heteroatoms. The third kappa shape index (κ3) is 4.33. The minimum atomic E-state index is -3.93. The molecule has 1 saturated carbocycles. The molecular weight excluding hydrogens is 362 g/mol. The minimum absolute atomic E-state index is 0.0710. The van der Waals surface area contributed by atoms with E-state index in [9.17, 15) is 13.2 Å². The zero-order valence-electron chi connectivity index (χ0n) is 16.1. The fraction of sp³-hybridized carbons (Fsp3) is 0.381. The fourth-order valence-corrected chi connectivity index (χ4v) is 4.33. The number of nitrogens with zero attached hydrogens (tertiary/aromatic N) is 1. The van der Waals surface area contributed by atoms with Gasteiger partial charge in [-0.05, 0) is 81.0 Å². The molecule has 1 unspecified atom stereocenters. The molecule has 0 radical (unpaired) electrons. The lowest BCUT2D eigenvalue weighted by molar-refractivity contribution is 0.0727. The molecule has 0 N–H and O–H groups in total. The van der Waals surface area contributed by atoms with Crippen LogP contribution in [-0.4, -0.2) is 32.3 Å². The van der Waals surface area contributed by atoms with Crippen molar-refractivity contribution in [2.75, 3.05) is 7.05 Å². The van der Waals surface area contributed by atoms with Gasteiger partial charge in [0.05, 0.1) is 0 Å². The van der Waals surface area contributed by atoms with Crippen LogP contribution in [0.25, 0.3) is 0 Å². The quantitative estimate of drug-likeness (QED) is 0.704. The lowest BCUT2D eigenvalue weighted by Gasteiger charge is -2.25. The molecule has 5 nitrogen and oxygen atoms in total. The number of carbonyl (C=O) groups is 1. The van der Waals surface area contributed by atoms with Gasteiger partial charge in [0.15, 0.2) is 0 Å². The average molecular weight is 388 g/mol. The number of hydrogen-bond donors (Lipinski definition) is 0. The maximum Gasteiger partial charge on any atom is 0.339 e. The molecule has 1 aliphatic rings. The van der Waals surface area contributed by atoms with Crippen molar-refractivity contribution in [2.45, 2.75) is 44.6 Å². The number of benzene rings is 2. The second-order valence-electron chi connectivity index (χ2n) is 7.32. The molecule has 0 spiro atoms. The largest absolute Gasteiger partial charge is 0.379 e. The molecule has 1 amide bonds. The van der Waals surface area contributed by atoms with Gasteiger partial charge in [0, 0.05) is 18.7 Å². The van der Waals surface area contributed by atoms with E-state index in [2.05, 4.69) is 6.92 Å². The number of aryl methyl sites for hydroxylation is 2. The van der Waals surface area contributed by atoms with Crippen LogP contribution in [-0.2, 0) is 10.1 Å². The third-order valence-corrected chi connectivity index (χ3v) is 6.55. The SMILES string of the molecule is Cc1ccc(C)c(S(=O)(=O)Oc2ccc(C(=O)N(C)C(C)C3CC3)cc2)c1. The monoisotopic (exact) mass is 387 g/mol. The van der Waals surface area contributed by atoms with Crippen molar-refractivity contribution in [3.8, 4) is 5.75 Å². The lowest BCUT2D eigenvalue weighted by Crippen LogP contribution is -2.36. The van der Waals surface area contributed by atoms with E-state index in [1.54, 1.807) is 43.1 Å². The van der Waals surface area contributed by atoms with Gasteiger partial charge < -0.3 is 9.08 Å². The summed E-state index contributed by atoms with van der Waals surface area (Å²) in [5.74, 6) is 0.702. The first kappa shape index (κ1) is 19.4. The minimum Gasteiger partial charge on any atom is -0.379 e. The summed E-state index contributed by atoms with van der Waals surface area (Å²) in [6.45, 7) is 5.62. The Bertz CT molecular complexity index is 947. The molecule has 144 valence electrons. The van der Waals surface area contributed by atoms with Crippen LogP contribution in [0.5, 0.6) is 5.75 Å². The van der Waals surface area contributed by atoms with E-state index in [0.29, 0.717) is 17.0 Å². The van der Waals surface area contributed by atoms with E-state index >= 15 is 0 Å². The first-order valence-electron chi connectivity index (χ1n) is 9.08. The van der Waals surface area contributed by atoms with E-state index in [1.807, 2.05) is 13.0 Å². The maximum absolute atomic E-state index is 12.6. The van der Waals surface area contributed by atoms with Crippen molar-refractivity contribution >= 4 is 16.0 Å². The van der Waals surface area contributed by atoms with Crippen molar-refractivity contribution in [1.82, 2.24) is 4.90 Å². The highest BCUT2D eigenvalue weighted by Gasteiger charge is 2.32. The van der Waals surface area contributed by atoms with Crippen molar-refractivity contribution in [3.63, 3.8) is 0 Å². The van der Waals surface area contributed by atoms with Crippen molar-refractivity contribution in [2.24, 2.45) is 5.92 Å². The molecule has 0 saturated heterocycles. The molecule has 1 aliphatic carbocycles. The Kier molecular flexibility index (Phi) is 5.29. The average Bonchev–Trinajstić information content (AvgIpc) is 3.47. The predicted molar refractivity (Wildman–Crippen MR) is 104 cm³/mol. The zero-order valence-corrected chi connectivity index (χ0v) is 16.9. The first-order chi connectivity index (χ1) is 12.7. The number of carbonyl (C=O) groups excluding carboxylic acids is 1. The maximum atomic E-state index is 12.6. The molecule has 0 aliphatic heterocycles. The molecule has 2 aromatic carbocycles. The second kappa shape index (κ2) is 7.35. The summed E-state index contributed by atoms with van der Waals surface area (Å²) in [6, 6.07) is 11.7. The van der Waals surface area contributed by atoms with Gasteiger partial charge in [-0.3, -0.25) is 4.79 Å². The van der Waals surface area contributed by atoms with Crippen LogP contribution in [0.15, 0.2) is 47.4 Å². The van der Waals surface area contributed by atoms with Crippen LogP contribution in [0, 0.1) is 19.8 Å². The van der Waals surface area contributed by atoms with Crippen molar-refractivity contribution < 1.29 is 17.4 Å². The summed E-state index contributed by atoms with van der Waals surface area (Å²) in [7, 11) is -2.12. The fourth-order valence-electron chi connectivity index (χ4n) is 3.08. The van der Waals surface area contributed by atoms with Crippen LogP contribution in [0.3, 0.4) is 0 Å². The number of hydrogen-bond acceptors (Lipinski definition) is 4. The Morgan fingerprint density at radius 1 is 1.11 bits per heavy atom. The van der Waals surface area contributed by atoms with E-state index in [1.165, 1.54) is 25.0 Å². The van der Waals surface area contributed by atoms with Crippen LogP contribution in [0.4, 0.5) is 0 Å². The molecule has 2 aromatic rings. The van der Waals surface area contributed by atoms with Gasteiger partial charge >= 0.3 is 10.1 Å². The Balaban J connectivity index is 1.75. The lowest BCUT2D eigenvalue weighted by atomic mass is 10.1. The highest BCUT2D eigenvalue weighted by Crippen LogP contribution is 2.35. The van der Waals surface area contributed by atoms with E-state index < -0.39 is 10.1 Å². The normalized spacial score (nSPS) is 15.3. The Labute approximate surface area is 161 Å². The van der Waals surface area contributed by atoms with E-state index in [-0.39, 0.29) is 22.6 Å². The molecule has 27 heavy (non-hydrogen) atoms. The smallest absolute Gasteiger partial charge is 0.339 e. The molecule has 0 bridgehead atoms. The highest BCUT2D eigenvalue weighted by atomic mass is 32.2. The molecule has 1 fully saturated rings. The highest BCUT2D eigenvalue weighted by molar-refractivity contribution is 7.87. The summed E-state index contributed by atoms with van der Waals surface area (Å²) < 4.78 is 30.4. The predicted octanol–water partition coefficient (Wildman–Crippen LogP) is 3.94. The summed E-state index contributed by atoms with van der Waals surface area (Å²) in [4.78, 5) is 14.5. The molecule has 3 rings (SSSR count). The van der Waals surface area contributed by atoms with Gasteiger partial charge in [0.25, 0.3) is 5.91 Å². The second-order valence-corrected chi connectivity index (χ2v) is 8.84. The van der Waals surface area contributed by atoms with Crippen LogP contribution >= 0.6 is 0 Å². The summed E-state index contributed by atoms with van der Waals surface area (Å²) in [6.07, 6.45) is 2.34. The van der Waals surface area contributed by atoms with Crippen LogP contribution in [0.2, 0.25) is 0 Å². The molecule has 0 aromatic heterocycles. The van der Waals surface area contributed by atoms with Gasteiger partial charge in [-0.25, -0.2) is 0 Å². The van der Waals surface area contributed by atoms with Gasteiger partial charge in [-0.15, -0.1) is 0 Å². The van der Waals surface area contributed by atoms with E-state index in [0.717, 1.165) is 5.56 Å². The van der Waals surface area contributed by atoms with Gasteiger partial charge in [0.2, 0.25) is 0 Å². The summed E-state index contributed by atoms with van der Waals surface area (Å²) >= 11 is 0. The van der Waals surface area contributed by atoms with Crippen molar-refractivity contribution in [3.05, 3.63) is 59.2 Å². The van der Waals surface area contributed by atoms with Crippen molar-refractivity contribution in [1.29, 1.82) is 0 Å². The van der Waals surface area contributed by atoms with Gasteiger partial charge in [-0.2, -0.15) is 8.42 Å². The number of rotatable bonds is 6. The van der Waals surface area contributed by atoms with Crippen LogP contribution < -0.4 is 4.18 Å². The first-order valence-corrected chi connectivity index (χ1v) is 10.5. The molecule has 1 atom stereocenters. The standard InChI is InChI=1S/C21H25NO4S/c1-14-5-6-15(2)20(13-14)27(24,25)26-19-11-9-18(10-12-19)21(23)22(4)16(3)17-7-8-17/h5-6,9-13,16-17H,7-8H2,1-4H3. The van der Waals surface area contributed by atoms with Gasteiger partial charge in [0.1, 0.15) is 10.6 Å². The Hall–Kier alpha value is -2.34. The molecular formula is C21H25NO4S. The topological polar surface area (TPSA) is 63.7 Å². The third-order valence-electron chi connectivity index (χ3n) is 5.16. The number of amides is 1. The Morgan fingerprint density at radius 2 is 1.74 bits per heavy atom. The molecule has 0 heterocycles. The summed E-state index contributed by atoms with van der Waals surface area (Å²) in [5, 5.41) is 0. The Morgan fingerprint density at radius 3 is 2.33 bits per heavy atom.